The van der Waals surface area contributed by atoms with Crippen molar-refractivity contribution in [3.05, 3.63) is 48.4 Å². The number of nitrogens with one attached hydrogen (secondary N) is 1. The largest absolute Gasteiger partial charge is 0.326 e. The summed E-state index contributed by atoms with van der Waals surface area (Å²) in [6, 6.07) is 10.1. The summed E-state index contributed by atoms with van der Waals surface area (Å²) in [4.78, 5) is 20.6. The molecule has 0 bridgehead atoms. The number of benzene rings is 1. The molecule has 4 rings (SSSR count). The third-order valence-corrected chi connectivity index (χ3v) is 7.18. The van der Waals surface area contributed by atoms with Gasteiger partial charge < -0.3 is 9.88 Å². The zero-order chi connectivity index (χ0) is 21.3. The monoisotopic (exact) mass is 427 g/mol. The van der Waals surface area contributed by atoms with Crippen LogP contribution in [-0.4, -0.2) is 46.3 Å². The minimum absolute atomic E-state index is 0.000113. The fourth-order valence-electron chi connectivity index (χ4n) is 3.96. The summed E-state index contributed by atoms with van der Waals surface area (Å²) in [6.45, 7) is 4.34. The number of hydrogen-bond acceptors (Lipinski definition) is 5. The summed E-state index contributed by atoms with van der Waals surface area (Å²) >= 11 is 0. The third-order valence-electron chi connectivity index (χ3n) is 5.30. The molecule has 3 aromatic rings. The predicted octanol–water partition coefficient (Wildman–Crippen LogP) is 2.98. The van der Waals surface area contributed by atoms with E-state index in [1.165, 1.54) is 23.4 Å². The summed E-state index contributed by atoms with van der Waals surface area (Å²) in [7, 11) is -3.62. The van der Waals surface area contributed by atoms with Crippen molar-refractivity contribution in [2.24, 2.45) is 0 Å². The van der Waals surface area contributed by atoms with Crippen LogP contribution in [0.25, 0.3) is 11.2 Å². The van der Waals surface area contributed by atoms with Gasteiger partial charge in [0.15, 0.2) is 5.65 Å². The smallest absolute Gasteiger partial charge is 0.243 e. The van der Waals surface area contributed by atoms with Crippen LogP contribution in [0.5, 0.6) is 0 Å². The van der Waals surface area contributed by atoms with Crippen LogP contribution in [0, 0.1) is 0 Å². The number of pyridine rings is 1. The van der Waals surface area contributed by atoms with E-state index in [0.29, 0.717) is 25.2 Å². The molecule has 8 nitrogen and oxygen atoms in total. The van der Waals surface area contributed by atoms with Gasteiger partial charge in [-0.3, -0.25) is 4.79 Å². The van der Waals surface area contributed by atoms with Crippen LogP contribution in [0.1, 0.15) is 38.6 Å². The first-order valence-corrected chi connectivity index (χ1v) is 11.5. The fourth-order valence-corrected chi connectivity index (χ4v) is 5.45. The van der Waals surface area contributed by atoms with Crippen molar-refractivity contribution in [2.75, 3.05) is 18.4 Å². The summed E-state index contributed by atoms with van der Waals surface area (Å²) in [5.74, 6) is 0.757. The lowest BCUT2D eigenvalue weighted by molar-refractivity contribution is -0.114. The quantitative estimate of drug-likeness (QED) is 0.652. The Balaban J connectivity index is 1.59. The summed E-state index contributed by atoms with van der Waals surface area (Å²) in [5.41, 5.74) is 2.22. The Hall–Kier alpha value is -2.78. The van der Waals surface area contributed by atoms with Gasteiger partial charge in [0.05, 0.1) is 10.9 Å². The second kappa shape index (κ2) is 8.16. The van der Waals surface area contributed by atoms with E-state index >= 15 is 0 Å². The van der Waals surface area contributed by atoms with Gasteiger partial charge in [0.1, 0.15) is 11.3 Å². The Morgan fingerprint density at radius 2 is 2.00 bits per heavy atom. The van der Waals surface area contributed by atoms with E-state index < -0.39 is 10.0 Å². The number of sulfonamides is 1. The molecule has 0 spiro atoms. The van der Waals surface area contributed by atoms with Crippen LogP contribution in [0.15, 0.2) is 47.5 Å². The molecule has 30 heavy (non-hydrogen) atoms. The number of fused-ring (bicyclic) bond motifs is 1. The number of nitrogens with zero attached hydrogens (tertiary/aromatic N) is 4. The molecule has 1 N–H and O–H groups in total. The van der Waals surface area contributed by atoms with E-state index in [4.69, 9.17) is 4.98 Å². The van der Waals surface area contributed by atoms with Crippen LogP contribution >= 0.6 is 0 Å². The average molecular weight is 428 g/mol. The van der Waals surface area contributed by atoms with Crippen LogP contribution in [-0.2, 0) is 21.2 Å². The fraction of sp³-hybridized carbons (Fsp3) is 0.381. The number of carbonyl (C=O) groups excluding carboxylic acids is 1. The van der Waals surface area contributed by atoms with E-state index in [1.807, 2.05) is 12.1 Å². The Bertz CT molecular complexity index is 1170. The first-order valence-electron chi connectivity index (χ1n) is 10.1. The lowest BCUT2D eigenvalue weighted by Gasteiger charge is -2.19. The Kier molecular flexibility index (Phi) is 5.57. The molecule has 1 aliphatic heterocycles. The van der Waals surface area contributed by atoms with Gasteiger partial charge in [0, 0.05) is 38.3 Å². The average Bonchev–Trinajstić information content (AvgIpc) is 3.33. The second-order valence-electron chi connectivity index (χ2n) is 7.51. The van der Waals surface area contributed by atoms with Crippen molar-refractivity contribution in [3.8, 4) is 0 Å². The Labute approximate surface area is 176 Å². The van der Waals surface area contributed by atoms with E-state index in [-0.39, 0.29) is 16.8 Å². The van der Waals surface area contributed by atoms with Gasteiger partial charge in [-0.15, -0.1) is 0 Å². The van der Waals surface area contributed by atoms with Crippen LogP contribution in [0.2, 0.25) is 0 Å². The number of anilines is 1. The molecule has 158 valence electrons. The molecule has 0 radical (unpaired) electrons. The van der Waals surface area contributed by atoms with Crippen molar-refractivity contribution in [1.82, 2.24) is 18.8 Å². The second-order valence-corrected chi connectivity index (χ2v) is 9.44. The molecule has 9 heteroatoms. The van der Waals surface area contributed by atoms with Gasteiger partial charge in [-0.1, -0.05) is 6.92 Å². The van der Waals surface area contributed by atoms with E-state index in [1.54, 1.807) is 18.3 Å². The molecule has 2 aromatic heterocycles. The van der Waals surface area contributed by atoms with Crippen LogP contribution < -0.4 is 5.32 Å². The van der Waals surface area contributed by atoms with Gasteiger partial charge in [0.2, 0.25) is 15.9 Å². The molecule has 1 aromatic carbocycles. The standard InChI is InChI=1S/C21H25N5O3S/c1-3-5-20-24-19-6-4-12-22-21(19)26(20)17-11-13-25(14-17)30(28,29)18-9-7-16(8-10-18)23-15(2)27/h4,6-10,12,17H,3,5,11,13-14H2,1-2H3,(H,23,27)/t17-/m1/s1. The third kappa shape index (κ3) is 3.82. The zero-order valence-corrected chi connectivity index (χ0v) is 17.9. The molecule has 1 amide bonds. The summed E-state index contributed by atoms with van der Waals surface area (Å²) in [6.07, 6.45) is 4.24. The molecule has 1 fully saturated rings. The van der Waals surface area contributed by atoms with E-state index in [9.17, 15) is 13.2 Å². The van der Waals surface area contributed by atoms with Gasteiger partial charge in [-0.2, -0.15) is 4.31 Å². The number of aryl methyl sites for hydroxylation is 1. The van der Waals surface area contributed by atoms with Crippen molar-refractivity contribution < 1.29 is 13.2 Å². The minimum atomic E-state index is -3.62. The highest BCUT2D eigenvalue weighted by Gasteiger charge is 2.35. The van der Waals surface area contributed by atoms with Gasteiger partial charge >= 0.3 is 0 Å². The zero-order valence-electron chi connectivity index (χ0n) is 17.1. The van der Waals surface area contributed by atoms with Gasteiger partial charge in [-0.05, 0) is 49.2 Å². The Morgan fingerprint density at radius 1 is 1.23 bits per heavy atom. The summed E-state index contributed by atoms with van der Waals surface area (Å²) in [5, 5.41) is 2.65. The topological polar surface area (TPSA) is 97.2 Å². The first-order chi connectivity index (χ1) is 14.4. The number of hydrogen-bond donors (Lipinski definition) is 1. The van der Waals surface area contributed by atoms with Crippen molar-refractivity contribution in [2.45, 2.75) is 44.0 Å². The van der Waals surface area contributed by atoms with Crippen LogP contribution in [0.4, 0.5) is 5.69 Å². The van der Waals surface area contributed by atoms with Gasteiger partial charge in [0.25, 0.3) is 0 Å². The molecule has 1 atom stereocenters. The highest BCUT2D eigenvalue weighted by Crippen LogP contribution is 2.31. The minimum Gasteiger partial charge on any atom is -0.326 e. The highest BCUT2D eigenvalue weighted by molar-refractivity contribution is 7.89. The highest BCUT2D eigenvalue weighted by atomic mass is 32.2. The van der Waals surface area contributed by atoms with E-state index in [0.717, 1.165) is 29.8 Å². The number of aromatic nitrogens is 3. The predicted molar refractivity (Wildman–Crippen MR) is 115 cm³/mol. The molecule has 0 saturated carbocycles. The first kappa shape index (κ1) is 20.5. The Morgan fingerprint density at radius 3 is 2.70 bits per heavy atom. The lowest BCUT2D eigenvalue weighted by atomic mass is 10.2. The van der Waals surface area contributed by atoms with Crippen LogP contribution in [0.3, 0.4) is 0 Å². The van der Waals surface area contributed by atoms with Crippen molar-refractivity contribution in [3.63, 3.8) is 0 Å². The maximum Gasteiger partial charge on any atom is 0.243 e. The lowest BCUT2D eigenvalue weighted by Crippen LogP contribution is -2.29. The molecule has 0 unspecified atom stereocenters. The van der Waals surface area contributed by atoms with Crippen molar-refractivity contribution in [1.29, 1.82) is 0 Å². The summed E-state index contributed by atoms with van der Waals surface area (Å²) < 4.78 is 30.0. The molecular formula is C21H25N5O3S. The number of amides is 1. The maximum atomic E-state index is 13.2. The van der Waals surface area contributed by atoms with E-state index in [2.05, 4.69) is 21.8 Å². The van der Waals surface area contributed by atoms with Gasteiger partial charge in [-0.25, -0.2) is 18.4 Å². The molecule has 1 aliphatic rings. The SMILES string of the molecule is CCCc1nc2cccnc2n1[C@@H]1CCN(S(=O)(=O)c2ccc(NC(C)=O)cc2)C1. The molecular weight excluding hydrogens is 402 g/mol. The van der Waals surface area contributed by atoms with Crippen molar-refractivity contribution >= 4 is 32.8 Å². The number of carbonyl (C=O) groups is 1. The molecule has 0 aliphatic carbocycles. The molecule has 1 saturated heterocycles. The molecule has 3 heterocycles. The maximum absolute atomic E-state index is 13.2. The normalized spacial score (nSPS) is 17.5. The number of imidazole rings is 1. The number of rotatable bonds is 6.